The topological polar surface area (TPSA) is 84.6 Å². The summed E-state index contributed by atoms with van der Waals surface area (Å²) in [7, 11) is 1.40. The first-order chi connectivity index (χ1) is 9.75. The number of carboxylic acid groups (broad SMARTS) is 1. The van der Waals surface area contributed by atoms with E-state index >= 15 is 0 Å². The molecule has 112 valence electrons. The van der Waals surface area contributed by atoms with E-state index in [9.17, 15) is 15.0 Å². The van der Waals surface area contributed by atoms with E-state index in [1.165, 1.54) is 23.9 Å². The number of hydrogen-bond acceptors (Lipinski definition) is 4. The smallest absolute Gasteiger partial charge is 0.343 e. The van der Waals surface area contributed by atoms with Gasteiger partial charge in [0.05, 0.1) is 18.5 Å². The van der Waals surface area contributed by atoms with Crippen molar-refractivity contribution in [2.45, 2.75) is 26.2 Å². The van der Waals surface area contributed by atoms with Gasteiger partial charge in [-0.1, -0.05) is 26.8 Å². The molecule has 0 aliphatic heterocycles. The molecule has 0 aliphatic carbocycles. The lowest BCUT2D eigenvalue weighted by molar-refractivity contribution is 0.0690. The molecule has 0 fully saturated rings. The van der Waals surface area contributed by atoms with E-state index in [1.54, 1.807) is 12.1 Å². The van der Waals surface area contributed by atoms with Crippen molar-refractivity contribution in [1.82, 2.24) is 9.78 Å². The summed E-state index contributed by atoms with van der Waals surface area (Å²) >= 11 is 0. The highest BCUT2D eigenvalue weighted by Crippen LogP contribution is 2.33. The molecule has 0 aliphatic rings. The Bertz CT molecular complexity index is 683. The van der Waals surface area contributed by atoms with E-state index in [-0.39, 0.29) is 17.2 Å². The molecule has 0 unspecified atom stereocenters. The fourth-order valence-electron chi connectivity index (χ4n) is 2.11. The first kappa shape index (κ1) is 14.9. The fourth-order valence-corrected chi connectivity index (χ4v) is 2.11. The second kappa shape index (κ2) is 5.12. The number of aromatic carboxylic acids is 1. The van der Waals surface area contributed by atoms with Crippen LogP contribution in [0.25, 0.3) is 5.69 Å². The Morgan fingerprint density at radius 3 is 2.48 bits per heavy atom. The van der Waals surface area contributed by atoms with Crippen LogP contribution in [-0.4, -0.2) is 33.1 Å². The van der Waals surface area contributed by atoms with Crippen LogP contribution >= 0.6 is 0 Å². The van der Waals surface area contributed by atoms with Gasteiger partial charge >= 0.3 is 5.97 Å². The highest BCUT2D eigenvalue weighted by Gasteiger charge is 2.32. The van der Waals surface area contributed by atoms with E-state index in [0.717, 1.165) is 0 Å². The third-order valence-corrected chi connectivity index (χ3v) is 3.03. The summed E-state index contributed by atoms with van der Waals surface area (Å²) in [6.45, 7) is 5.65. The highest BCUT2D eigenvalue weighted by atomic mass is 16.5. The lowest BCUT2D eigenvalue weighted by atomic mass is 9.89. The van der Waals surface area contributed by atoms with Crippen molar-refractivity contribution in [2.75, 3.05) is 7.11 Å². The highest BCUT2D eigenvalue weighted by molar-refractivity contribution is 5.92. The fraction of sp³-hybridized carbons (Fsp3) is 0.333. The van der Waals surface area contributed by atoms with Crippen LogP contribution in [0.5, 0.6) is 11.6 Å². The van der Waals surface area contributed by atoms with E-state index in [0.29, 0.717) is 11.4 Å². The molecular weight excluding hydrogens is 272 g/mol. The minimum Gasteiger partial charge on any atom is -0.508 e. The molecule has 2 aromatic rings. The number of phenols is 1. The van der Waals surface area contributed by atoms with Crippen molar-refractivity contribution in [3.05, 3.63) is 35.5 Å². The lowest BCUT2D eigenvalue weighted by Gasteiger charge is -2.15. The summed E-state index contributed by atoms with van der Waals surface area (Å²) < 4.78 is 6.64. The van der Waals surface area contributed by atoms with Crippen LogP contribution in [0.2, 0.25) is 0 Å². The SMILES string of the molecule is COc1c(C(=O)O)c(C(C)(C)C)nn1-c1cccc(O)c1. The van der Waals surface area contributed by atoms with Crippen LogP contribution < -0.4 is 4.74 Å². The molecule has 1 heterocycles. The molecule has 6 heteroatoms. The summed E-state index contributed by atoms with van der Waals surface area (Å²) in [5.74, 6) is -0.888. The Morgan fingerprint density at radius 1 is 1.33 bits per heavy atom. The zero-order valence-electron chi connectivity index (χ0n) is 12.4. The molecule has 2 rings (SSSR count). The molecule has 2 N–H and O–H groups in total. The number of phenolic OH excluding ortho intramolecular Hbond substituents is 1. The number of rotatable bonds is 3. The zero-order valence-corrected chi connectivity index (χ0v) is 12.4. The summed E-state index contributed by atoms with van der Waals surface area (Å²) in [5, 5.41) is 23.4. The van der Waals surface area contributed by atoms with Gasteiger partial charge in [-0.2, -0.15) is 9.78 Å². The zero-order chi connectivity index (χ0) is 15.8. The summed E-state index contributed by atoms with van der Waals surface area (Å²) in [6, 6.07) is 6.39. The average molecular weight is 290 g/mol. The van der Waals surface area contributed by atoms with Crippen LogP contribution in [0.3, 0.4) is 0 Å². The van der Waals surface area contributed by atoms with E-state index in [4.69, 9.17) is 4.74 Å². The van der Waals surface area contributed by atoms with Crippen LogP contribution in [0.4, 0.5) is 0 Å². The molecule has 6 nitrogen and oxygen atoms in total. The van der Waals surface area contributed by atoms with Crippen LogP contribution in [0.15, 0.2) is 24.3 Å². The first-order valence-corrected chi connectivity index (χ1v) is 6.46. The van der Waals surface area contributed by atoms with Gasteiger partial charge in [-0.05, 0) is 12.1 Å². The van der Waals surface area contributed by atoms with E-state index in [1.807, 2.05) is 20.8 Å². The Kier molecular flexibility index (Phi) is 3.63. The molecule has 1 aromatic carbocycles. The first-order valence-electron chi connectivity index (χ1n) is 6.46. The quantitative estimate of drug-likeness (QED) is 0.907. The molecule has 0 saturated carbocycles. The number of benzene rings is 1. The number of carbonyl (C=O) groups is 1. The van der Waals surface area contributed by atoms with Gasteiger partial charge in [0.1, 0.15) is 11.3 Å². The maximum Gasteiger partial charge on any atom is 0.343 e. The lowest BCUT2D eigenvalue weighted by Crippen LogP contribution is -2.16. The number of aromatic nitrogens is 2. The van der Waals surface area contributed by atoms with Gasteiger partial charge in [-0.25, -0.2) is 4.79 Å². The molecule has 0 saturated heterocycles. The maximum absolute atomic E-state index is 11.6. The van der Waals surface area contributed by atoms with Gasteiger partial charge in [0.15, 0.2) is 0 Å². The number of nitrogens with zero attached hydrogens (tertiary/aromatic N) is 2. The van der Waals surface area contributed by atoms with Gasteiger partial charge in [-0.15, -0.1) is 0 Å². The van der Waals surface area contributed by atoms with E-state index < -0.39 is 11.4 Å². The normalized spacial score (nSPS) is 11.4. The summed E-state index contributed by atoms with van der Waals surface area (Å²) in [5.41, 5.74) is 0.539. The summed E-state index contributed by atoms with van der Waals surface area (Å²) in [6.07, 6.45) is 0. The van der Waals surface area contributed by atoms with Crippen molar-refractivity contribution in [3.63, 3.8) is 0 Å². The predicted molar refractivity (Wildman–Crippen MR) is 77.4 cm³/mol. The number of ether oxygens (including phenoxy) is 1. The number of hydrogen-bond donors (Lipinski definition) is 2. The minimum absolute atomic E-state index is 0.0355. The molecule has 0 bridgehead atoms. The van der Waals surface area contributed by atoms with Crippen molar-refractivity contribution >= 4 is 5.97 Å². The molecule has 0 atom stereocenters. The van der Waals surface area contributed by atoms with Gasteiger partial charge in [0, 0.05) is 11.5 Å². The molecule has 0 amide bonds. The second-order valence-electron chi connectivity index (χ2n) is 5.72. The number of carboxylic acids is 1. The van der Waals surface area contributed by atoms with E-state index in [2.05, 4.69) is 5.10 Å². The van der Waals surface area contributed by atoms with Gasteiger partial charge in [-0.3, -0.25) is 0 Å². The monoisotopic (exact) mass is 290 g/mol. The molecule has 0 radical (unpaired) electrons. The second-order valence-corrected chi connectivity index (χ2v) is 5.72. The van der Waals surface area contributed by atoms with Crippen molar-refractivity contribution in [2.24, 2.45) is 0 Å². The van der Waals surface area contributed by atoms with Crippen LogP contribution in [0.1, 0.15) is 36.8 Å². The van der Waals surface area contributed by atoms with Gasteiger partial charge in [0.2, 0.25) is 5.88 Å². The molecule has 21 heavy (non-hydrogen) atoms. The van der Waals surface area contributed by atoms with Crippen molar-refractivity contribution in [3.8, 4) is 17.3 Å². The molecule has 1 aromatic heterocycles. The predicted octanol–water partition coefficient (Wildman–Crippen LogP) is 2.58. The maximum atomic E-state index is 11.6. The Balaban J connectivity index is 2.76. The molecule has 0 spiro atoms. The minimum atomic E-state index is -1.09. The number of aromatic hydroxyl groups is 1. The standard InChI is InChI=1S/C15H18N2O4/c1-15(2,3)12-11(14(19)20)13(21-4)17(16-12)9-6-5-7-10(18)8-9/h5-8,18H,1-4H3,(H,19,20). The van der Waals surface area contributed by atoms with Crippen molar-refractivity contribution in [1.29, 1.82) is 0 Å². The summed E-state index contributed by atoms with van der Waals surface area (Å²) in [4.78, 5) is 11.6. The largest absolute Gasteiger partial charge is 0.508 e. The Morgan fingerprint density at radius 2 is 2.00 bits per heavy atom. The van der Waals surface area contributed by atoms with Crippen molar-refractivity contribution < 1.29 is 19.7 Å². The van der Waals surface area contributed by atoms with Gasteiger partial charge < -0.3 is 14.9 Å². The van der Waals surface area contributed by atoms with Crippen LogP contribution in [0, 0.1) is 0 Å². The third-order valence-electron chi connectivity index (χ3n) is 3.03. The van der Waals surface area contributed by atoms with Crippen LogP contribution in [-0.2, 0) is 5.41 Å². The van der Waals surface area contributed by atoms with Gasteiger partial charge in [0.25, 0.3) is 0 Å². The average Bonchev–Trinajstić information content (AvgIpc) is 2.78. The Hall–Kier alpha value is -2.50. The Labute approximate surface area is 122 Å². The number of methoxy groups -OCH3 is 1. The third kappa shape index (κ3) is 2.69. The molecular formula is C15H18N2O4.